The highest BCUT2D eigenvalue weighted by Crippen LogP contribution is 2.13. The van der Waals surface area contributed by atoms with E-state index in [1.165, 1.54) is 10.5 Å². The van der Waals surface area contributed by atoms with Gasteiger partial charge < -0.3 is 15.0 Å². The van der Waals surface area contributed by atoms with E-state index in [1.54, 1.807) is 26.2 Å². The van der Waals surface area contributed by atoms with Crippen molar-refractivity contribution in [2.24, 2.45) is 5.10 Å². The summed E-state index contributed by atoms with van der Waals surface area (Å²) in [6.45, 7) is 3.93. The summed E-state index contributed by atoms with van der Waals surface area (Å²) in [6, 6.07) is 15.3. The Morgan fingerprint density at radius 3 is 2.33 bits per heavy atom. The number of benzene rings is 2. The number of nitrogens with zero attached hydrogens (tertiary/aromatic N) is 2. The summed E-state index contributed by atoms with van der Waals surface area (Å²) in [5, 5.41) is 7.79. The van der Waals surface area contributed by atoms with Gasteiger partial charge in [-0.05, 0) is 68.0 Å². The second kappa shape index (κ2) is 9.68. The summed E-state index contributed by atoms with van der Waals surface area (Å²) in [7, 11) is 3.39. The first kappa shape index (κ1) is 20.4. The maximum Gasteiger partial charge on any atom is 0.259 e. The molecule has 6 nitrogen and oxygen atoms in total. The molecular weight excluding hydrogens is 360 g/mol. The second-order valence-electron chi connectivity index (χ2n) is 6.23. The fraction of sp³-hybridized carbons (Fsp3) is 0.250. The van der Waals surface area contributed by atoms with Crippen LogP contribution in [-0.2, 0) is 4.79 Å². The Balaban J connectivity index is 1.88. The second-order valence-corrected chi connectivity index (χ2v) is 6.64. The molecule has 1 amide bonds. The topological polar surface area (TPSA) is 66.0 Å². The number of anilines is 1. The molecule has 7 heteroatoms. The maximum atomic E-state index is 11.5. The van der Waals surface area contributed by atoms with Gasteiger partial charge in [-0.1, -0.05) is 17.7 Å². The first-order chi connectivity index (χ1) is 12.8. The Morgan fingerprint density at radius 1 is 1.11 bits per heavy atom. The zero-order valence-electron chi connectivity index (χ0n) is 15.9. The third kappa shape index (κ3) is 6.71. The lowest BCUT2D eigenvalue weighted by molar-refractivity contribution is -0.130. The van der Waals surface area contributed by atoms with Gasteiger partial charge in [0, 0.05) is 19.8 Å². The molecule has 142 valence electrons. The van der Waals surface area contributed by atoms with Crippen LogP contribution >= 0.6 is 12.2 Å². The van der Waals surface area contributed by atoms with Crippen LogP contribution < -0.4 is 15.5 Å². The third-order valence-electron chi connectivity index (χ3n) is 3.77. The average molecular weight is 385 g/mol. The highest BCUT2D eigenvalue weighted by atomic mass is 32.1. The Bertz CT molecular complexity index is 815. The number of hydrazone groups is 1. The molecular formula is C20H24N4O2S. The minimum atomic E-state index is -0.0874. The van der Waals surface area contributed by atoms with Crippen molar-refractivity contribution in [3.05, 3.63) is 59.7 Å². The van der Waals surface area contributed by atoms with Crippen molar-refractivity contribution in [2.45, 2.75) is 13.8 Å². The van der Waals surface area contributed by atoms with Gasteiger partial charge in [-0.3, -0.25) is 10.2 Å². The molecule has 0 aliphatic carbocycles. The molecule has 0 atom stereocenters. The predicted octanol–water partition coefficient (Wildman–Crippen LogP) is 3.17. The van der Waals surface area contributed by atoms with Crippen LogP contribution in [0.5, 0.6) is 5.75 Å². The highest BCUT2D eigenvalue weighted by molar-refractivity contribution is 7.80. The monoisotopic (exact) mass is 384 g/mol. The molecule has 2 rings (SSSR count). The van der Waals surface area contributed by atoms with Crippen LogP contribution in [-0.4, -0.2) is 42.3 Å². The van der Waals surface area contributed by atoms with Crippen LogP contribution in [0.4, 0.5) is 5.69 Å². The SMILES string of the molecule is C/C(=N\NC(=S)Nc1ccc(C)cc1)c1ccc(OCC(=O)N(C)C)cc1. The number of hydrogen-bond acceptors (Lipinski definition) is 4. The number of amides is 1. The minimum Gasteiger partial charge on any atom is -0.484 e. The maximum absolute atomic E-state index is 11.5. The van der Waals surface area contributed by atoms with Gasteiger partial charge in [-0.15, -0.1) is 0 Å². The van der Waals surface area contributed by atoms with Crippen LogP contribution in [0.15, 0.2) is 53.6 Å². The van der Waals surface area contributed by atoms with E-state index in [-0.39, 0.29) is 12.5 Å². The molecule has 0 radical (unpaired) electrons. The standard InChI is InChI=1S/C20H24N4O2S/c1-14-5-9-17(10-6-14)21-20(27)23-22-15(2)16-7-11-18(12-8-16)26-13-19(25)24(3)4/h5-12H,13H2,1-4H3,(H2,21,23,27)/b22-15+. The summed E-state index contributed by atoms with van der Waals surface area (Å²) in [4.78, 5) is 13.0. The summed E-state index contributed by atoms with van der Waals surface area (Å²) < 4.78 is 5.46. The van der Waals surface area contributed by atoms with Gasteiger partial charge in [0.25, 0.3) is 5.91 Å². The summed E-state index contributed by atoms with van der Waals surface area (Å²) in [5.41, 5.74) is 6.63. The third-order valence-corrected chi connectivity index (χ3v) is 3.96. The van der Waals surface area contributed by atoms with Gasteiger partial charge in [-0.2, -0.15) is 5.10 Å². The summed E-state index contributed by atoms with van der Waals surface area (Å²) in [6.07, 6.45) is 0. The summed E-state index contributed by atoms with van der Waals surface area (Å²) >= 11 is 5.25. The van der Waals surface area contributed by atoms with Crippen LogP contribution in [0.3, 0.4) is 0 Å². The van der Waals surface area contributed by atoms with E-state index in [0.717, 1.165) is 17.0 Å². The number of rotatable bonds is 6. The Hall–Kier alpha value is -2.93. The number of nitrogens with one attached hydrogen (secondary N) is 2. The van der Waals surface area contributed by atoms with Gasteiger partial charge in [0.1, 0.15) is 5.75 Å². The van der Waals surface area contributed by atoms with E-state index in [1.807, 2.05) is 50.2 Å². The number of ether oxygens (including phenoxy) is 1. The lowest BCUT2D eigenvalue weighted by atomic mass is 10.1. The highest BCUT2D eigenvalue weighted by Gasteiger charge is 2.05. The van der Waals surface area contributed by atoms with Crippen molar-refractivity contribution in [2.75, 3.05) is 26.0 Å². The van der Waals surface area contributed by atoms with Crippen LogP contribution in [0, 0.1) is 6.92 Å². The van der Waals surface area contributed by atoms with E-state index in [2.05, 4.69) is 15.8 Å². The molecule has 0 heterocycles. The number of thiocarbonyl (C=S) groups is 1. The van der Waals surface area contributed by atoms with E-state index in [0.29, 0.717) is 10.9 Å². The first-order valence-electron chi connectivity index (χ1n) is 8.46. The number of carbonyl (C=O) groups is 1. The van der Waals surface area contributed by atoms with Crippen molar-refractivity contribution >= 4 is 34.6 Å². The molecule has 2 aromatic rings. The average Bonchev–Trinajstić information content (AvgIpc) is 2.66. The van der Waals surface area contributed by atoms with Crippen molar-refractivity contribution in [3.63, 3.8) is 0 Å². The molecule has 0 spiro atoms. The molecule has 0 fully saturated rings. The van der Waals surface area contributed by atoms with Crippen molar-refractivity contribution in [1.82, 2.24) is 10.3 Å². The van der Waals surface area contributed by atoms with Crippen molar-refractivity contribution in [3.8, 4) is 5.75 Å². The molecule has 0 bridgehead atoms. The number of likely N-dealkylation sites (N-methyl/N-ethyl adjacent to an activating group) is 1. The first-order valence-corrected chi connectivity index (χ1v) is 8.87. The predicted molar refractivity (Wildman–Crippen MR) is 113 cm³/mol. The minimum absolute atomic E-state index is 0.0138. The van der Waals surface area contributed by atoms with Gasteiger partial charge in [0.15, 0.2) is 11.7 Å². The van der Waals surface area contributed by atoms with E-state index in [4.69, 9.17) is 17.0 Å². The van der Waals surface area contributed by atoms with E-state index < -0.39 is 0 Å². The number of hydrogen-bond donors (Lipinski definition) is 2. The fourth-order valence-electron chi connectivity index (χ4n) is 2.06. The molecule has 0 unspecified atom stereocenters. The van der Waals surface area contributed by atoms with Crippen LogP contribution in [0.25, 0.3) is 0 Å². The zero-order valence-corrected chi connectivity index (χ0v) is 16.8. The van der Waals surface area contributed by atoms with Gasteiger partial charge in [0.2, 0.25) is 0 Å². The summed E-state index contributed by atoms with van der Waals surface area (Å²) in [5.74, 6) is 0.543. The molecule has 2 aromatic carbocycles. The van der Waals surface area contributed by atoms with Gasteiger partial charge in [0.05, 0.1) is 5.71 Å². The quantitative estimate of drug-likeness (QED) is 0.455. The molecule has 2 N–H and O–H groups in total. The lowest BCUT2D eigenvalue weighted by Gasteiger charge is -2.11. The van der Waals surface area contributed by atoms with Crippen molar-refractivity contribution < 1.29 is 9.53 Å². The van der Waals surface area contributed by atoms with Crippen molar-refractivity contribution in [1.29, 1.82) is 0 Å². The molecule has 0 aromatic heterocycles. The molecule has 0 saturated heterocycles. The molecule has 0 aliphatic heterocycles. The van der Waals surface area contributed by atoms with Gasteiger partial charge in [-0.25, -0.2) is 0 Å². The molecule has 0 saturated carbocycles. The van der Waals surface area contributed by atoms with Crippen LogP contribution in [0.1, 0.15) is 18.1 Å². The van der Waals surface area contributed by atoms with Gasteiger partial charge >= 0.3 is 0 Å². The Labute approximate surface area is 165 Å². The van der Waals surface area contributed by atoms with Crippen LogP contribution in [0.2, 0.25) is 0 Å². The van der Waals surface area contributed by atoms with E-state index in [9.17, 15) is 4.79 Å². The lowest BCUT2D eigenvalue weighted by Crippen LogP contribution is -2.27. The Kier molecular flexibility index (Phi) is 7.31. The normalized spacial score (nSPS) is 10.9. The fourth-order valence-corrected chi connectivity index (χ4v) is 2.23. The smallest absolute Gasteiger partial charge is 0.259 e. The number of aryl methyl sites for hydroxylation is 1. The zero-order chi connectivity index (χ0) is 19.8. The molecule has 0 aliphatic rings. The largest absolute Gasteiger partial charge is 0.484 e. The Morgan fingerprint density at radius 2 is 1.74 bits per heavy atom. The van der Waals surface area contributed by atoms with E-state index >= 15 is 0 Å². The molecule has 27 heavy (non-hydrogen) atoms. The number of carbonyl (C=O) groups excluding carboxylic acids is 1.